The van der Waals surface area contributed by atoms with Crippen molar-refractivity contribution in [3.8, 4) is 0 Å². The highest BCUT2D eigenvalue weighted by Gasteiger charge is 2.25. The molecule has 1 aliphatic rings. The van der Waals surface area contributed by atoms with Gasteiger partial charge in [-0.05, 0) is 37.2 Å². The van der Waals surface area contributed by atoms with Crippen LogP contribution < -0.4 is 0 Å². The van der Waals surface area contributed by atoms with Crippen LogP contribution in [0.1, 0.15) is 32.1 Å². The molecule has 1 heteroatoms. The molecule has 0 aliphatic heterocycles. The van der Waals surface area contributed by atoms with E-state index in [4.69, 9.17) is 0 Å². The molecule has 0 aromatic carbocycles. The number of unbranched alkanes of at least 4 members (excludes halogenated alkanes) is 1. The molecule has 66 valence electrons. The first-order chi connectivity index (χ1) is 5.75. The molecular formula is C11H16O. The smallest absolute Gasteiger partial charge is 0.158 e. The maximum absolute atomic E-state index is 11.1. The lowest BCUT2D eigenvalue weighted by atomic mass is 9.97. The summed E-state index contributed by atoms with van der Waals surface area (Å²) in [5, 5.41) is 0. The molecule has 0 aromatic rings. The standard InChI is InChI=1S/C11H16O/c1-3-4-5-6-10-7-8-11(12)9(10)2/h3,10H,1-2,4-8H2/t10-/m0/s1. The van der Waals surface area contributed by atoms with Crippen LogP contribution in [0.15, 0.2) is 24.8 Å². The van der Waals surface area contributed by atoms with E-state index in [1.165, 1.54) is 0 Å². The molecule has 0 bridgehead atoms. The number of hydrogen-bond donors (Lipinski definition) is 0. The van der Waals surface area contributed by atoms with E-state index in [1.54, 1.807) is 0 Å². The van der Waals surface area contributed by atoms with Gasteiger partial charge in [0.15, 0.2) is 5.78 Å². The third-order valence-electron chi connectivity index (χ3n) is 2.53. The van der Waals surface area contributed by atoms with Gasteiger partial charge in [0.1, 0.15) is 0 Å². The molecule has 0 N–H and O–H groups in total. The Hall–Kier alpha value is -0.850. The number of carbonyl (C=O) groups excluding carboxylic acids is 1. The van der Waals surface area contributed by atoms with Gasteiger partial charge in [0.25, 0.3) is 0 Å². The molecule has 1 nitrogen and oxygen atoms in total. The second-order valence-corrected chi connectivity index (χ2v) is 3.40. The summed E-state index contributed by atoms with van der Waals surface area (Å²) in [5.41, 5.74) is 0.860. The Morgan fingerprint density at radius 1 is 1.58 bits per heavy atom. The van der Waals surface area contributed by atoms with Crippen molar-refractivity contribution < 1.29 is 4.79 Å². The monoisotopic (exact) mass is 164 g/mol. The van der Waals surface area contributed by atoms with Crippen LogP contribution in [-0.4, -0.2) is 5.78 Å². The number of carbonyl (C=O) groups is 1. The van der Waals surface area contributed by atoms with Crippen LogP contribution in [0, 0.1) is 5.92 Å². The molecule has 0 saturated heterocycles. The van der Waals surface area contributed by atoms with E-state index in [1.807, 2.05) is 6.08 Å². The number of Topliss-reactive ketones (excluding diaryl/α,β-unsaturated/α-hetero) is 1. The highest BCUT2D eigenvalue weighted by molar-refractivity contribution is 5.97. The number of rotatable bonds is 4. The van der Waals surface area contributed by atoms with Crippen molar-refractivity contribution in [2.24, 2.45) is 5.92 Å². The van der Waals surface area contributed by atoms with Crippen LogP contribution in [0.25, 0.3) is 0 Å². The first-order valence-electron chi connectivity index (χ1n) is 4.58. The fourth-order valence-electron chi connectivity index (χ4n) is 1.69. The zero-order valence-corrected chi connectivity index (χ0v) is 7.51. The van der Waals surface area contributed by atoms with Gasteiger partial charge in [-0.2, -0.15) is 0 Å². The summed E-state index contributed by atoms with van der Waals surface area (Å²) in [6.45, 7) is 7.49. The average Bonchev–Trinajstić information content (AvgIpc) is 2.36. The van der Waals surface area contributed by atoms with Crippen LogP contribution >= 0.6 is 0 Å². The quantitative estimate of drug-likeness (QED) is 0.355. The zero-order valence-electron chi connectivity index (χ0n) is 7.51. The van der Waals surface area contributed by atoms with E-state index >= 15 is 0 Å². The van der Waals surface area contributed by atoms with Gasteiger partial charge in [-0.3, -0.25) is 4.79 Å². The molecule has 0 radical (unpaired) electrons. The molecular weight excluding hydrogens is 148 g/mol. The van der Waals surface area contributed by atoms with Crippen molar-refractivity contribution in [1.82, 2.24) is 0 Å². The SMILES string of the molecule is C=CCCC[C@H]1CCC(=O)C1=C. The number of hydrogen-bond acceptors (Lipinski definition) is 1. The number of ketones is 1. The Morgan fingerprint density at radius 3 is 2.83 bits per heavy atom. The third kappa shape index (κ3) is 2.07. The Labute approximate surface area is 74.2 Å². The lowest BCUT2D eigenvalue weighted by Gasteiger charge is -2.07. The summed E-state index contributed by atoms with van der Waals surface area (Å²) in [6, 6.07) is 0. The topological polar surface area (TPSA) is 17.1 Å². The minimum absolute atomic E-state index is 0.276. The van der Waals surface area contributed by atoms with E-state index < -0.39 is 0 Å². The summed E-state index contributed by atoms with van der Waals surface area (Å²) >= 11 is 0. The van der Waals surface area contributed by atoms with Crippen molar-refractivity contribution in [3.05, 3.63) is 24.8 Å². The second kappa shape index (κ2) is 4.24. The summed E-state index contributed by atoms with van der Waals surface area (Å²) in [6.07, 6.45) is 6.97. The van der Waals surface area contributed by atoms with Crippen LogP contribution in [0.3, 0.4) is 0 Å². The van der Waals surface area contributed by atoms with Gasteiger partial charge in [-0.25, -0.2) is 0 Å². The Morgan fingerprint density at radius 2 is 2.33 bits per heavy atom. The van der Waals surface area contributed by atoms with Gasteiger partial charge in [0, 0.05) is 6.42 Å². The Bertz CT molecular complexity index is 203. The van der Waals surface area contributed by atoms with Gasteiger partial charge in [0.05, 0.1) is 0 Å². The molecule has 0 amide bonds. The van der Waals surface area contributed by atoms with Crippen molar-refractivity contribution >= 4 is 5.78 Å². The maximum atomic E-state index is 11.1. The first kappa shape index (κ1) is 9.24. The van der Waals surface area contributed by atoms with E-state index in [9.17, 15) is 4.79 Å². The highest BCUT2D eigenvalue weighted by atomic mass is 16.1. The minimum atomic E-state index is 0.276. The fourth-order valence-corrected chi connectivity index (χ4v) is 1.69. The van der Waals surface area contributed by atoms with Crippen molar-refractivity contribution in [2.45, 2.75) is 32.1 Å². The Kier molecular flexibility index (Phi) is 3.27. The molecule has 0 spiro atoms. The maximum Gasteiger partial charge on any atom is 0.158 e. The van der Waals surface area contributed by atoms with E-state index in [2.05, 4.69) is 13.2 Å². The molecule has 0 heterocycles. The lowest BCUT2D eigenvalue weighted by molar-refractivity contribution is -0.114. The van der Waals surface area contributed by atoms with E-state index in [-0.39, 0.29) is 5.78 Å². The average molecular weight is 164 g/mol. The normalized spacial score (nSPS) is 23.2. The molecule has 0 unspecified atom stereocenters. The van der Waals surface area contributed by atoms with Crippen molar-refractivity contribution in [1.29, 1.82) is 0 Å². The van der Waals surface area contributed by atoms with Crippen molar-refractivity contribution in [2.75, 3.05) is 0 Å². The fraction of sp³-hybridized carbons (Fsp3) is 0.545. The number of allylic oxidation sites excluding steroid dienone is 2. The minimum Gasteiger partial charge on any atom is -0.295 e. The summed E-state index contributed by atoms with van der Waals surface area (Å²) in [7, 11) is 0. The van der Waals surface area contributed by atoms with E-state index in [0.717, 1.165) is 37.7 Å². The van der Waals surface area contributed by atoms with Gasteiger partial charge in [-0.1, -0.05) is 12.7 Å². The van der Waals surface area contributed by atoms with Crippen LogP contribution in [-0.2, 0) is 4.79 Å². The van der Waals surface area contributed by atoms with Gasteiger partial charge in [-0.15, -0.1) is 6.58 Å². The van der Waals surface area contributed by atoms with Crippen LogP contribution in [0.2, 0.25) is 0 Å². The molecule has 1 saturated carbocycles. The van der Waals surface area contributed by atoms with Crippen LogP contribution in [0.5, 0.6) is 0 Å². The zero-order chi connectivity index (χ0) is 8.97. The predicted octanol–water partition coefficient (Wildman–Crippen LogP) is 2.88. The largest absolute Gasteiger partial charge is 0.295 e. The van der Waals surface area contributed by atoms with Crippen LogP contribution in [0.4, 0.5) is 0 Å². The van der Waals surface area contributed by atoms with Gasteiger partial charge in [0.2, 0.25) is 0 Å². The summed E-state index contributed by atoms with van der Waals surface area (Å²) in [4.78, 5) is 11.1. The highest BCUT2D eigenvalue weighted by Crippen LogP contribution is 2.30. The van der Waals surface area contributed by atoms with Gasteiger partial charge >= 0.3 is 0 Å². The summed E-state index contributed by atoms with van der Waals surface area (Å²) < 4.78 is 0. The van der Waals surface area contributed by atoms with Gasteiger partial charge < -0.3 is 0 Å². The molecule has 1 aliphatic carbocycles. The molecule has 1 fully saturated rings. The van der Waals surface area contributed by atoms with E-state index in [0.29, 0.717) is 5.92 Å². The molecule has 0 aromatic heterocycles. The predicted molar refractivity (Wildman–Crippen MR) is 50.9 cm³/mol. The molecule has 1 atom stereocenters. The third-order valence-corrected chi connectivity index (χ3v) is 2.53. The van der Waals surface area contributed by atoms with Crippen molar-refractivity contribution in [3.63, 3.8) is 0 Å². The second-order valence-electron chi connectivity index (χ2n) is 3.40. The Balaban J connectivity index is 2.29. The first-order valence-corrected chi connectivity index (χ1v) is 4.58. The molecule has 1 rings (SSSR count). The summed E-state index contributed by atoms with van der Waals surface area (Å²) in [5.74, 6) is 0.746. The molecule has 12 heavy (non-hydrogen) atoms. The lowest BCUT2D eigenvalue weighted by Crippen LogP contribution is -1.99.